The van der Waals surface area contributed by atoms with Gasteiger partial charge in [-0.1, -0.05) is 36.4 Å². The minimum Gasteiger partial charge on any atom is -0.220 e. The number of benzene rings is 2. The Hall–Kier alpha value is -3.19. The highest BCUT2D eigenvalue weighted by Gasteiger charge is 2.00. The Labute approximate surface area is 135 Å². The van der Waals surface area contributed by atoms with Gasteiger partial charge in [-0.05, 0) is 48.7 Å². The van der Waals surface area contributed by atoms with Crippen molar-refractivity contribution in [3.8, 4) is 11.8 Å². The van der Waals surface area contributed by atoms with Crippen LogP contribution in [0.5, 0.6) is 0 Å². The Morgan fingerprint density at radius 1 is 1.04 bits per heavy atom. The van der Waals surface area contributed by atoms with Gasteiger partial charge < -0.3 is 0 Å². The molecular formula is C19H16N4. The Balaban J connectivity index is 1.60. The summed E-state index contributed by atoms with van der Waals surface area (Å²) < 4.78 is 1.71. The summed E-state index contributed by atoms with van der Waals surface area (Å²) in [6.07, 6.45) is 7.66. The van der Waals surface area contributed by atoms with Gasteiger partial charge in [-0.2, -0.15) is 5.26 Å². The molecule has 0 spiro atoms. The number of hydrogen-bond acceptors (Lipinski definition) is 3. The van der Waals surface area contributed by atoms with E-state index in [1.54, 1.807) is 23.1 Å². The first-order valence-corrected chi connectivity index (χ1v) is 7.48. The van der Waals surface area contributed by atoms with E-state index in [2.05, 4.69) is 46.5 Å². The zero-order chi connectivity index (χ0) is 15.9. The number of aryl methyl sites for hydroxylation is 1. The van der Waals surface area contributed by atoms with E-state index in [1.165, 1.54) is 5.56 Å². The molecule has 0 saturated carbocycles. The molecule has 0 bridgehead atoms. The first-order chi connectivity index (χ1) is 11.3. The molecule has 0 N–H and O–H groups in total. The van der Waals surface area contributed by atoms with E-state index in [9.17, 15) is 0 Å². The summed E-state index contributed by atoms with van der Waals surface area (Å²) in [5.41, 5.74) is 2.85. The van der Waals surface area contributed by atoms with Crippen LogP contribution >= 0.6 is 0 Å². The van der Waals surface area contributed by atoms with Gasteiger partial charge in [-0.25, -0.2) is 9.67 Å². The number of hydrogen-bond donors (Lipinski definition) is 0. The summed E-state index contributed by atoms with van der Waals surface area (Å²) in [6.45, 7) is 0. The number of nitriles is 1. The monoisotopic (exact) mass is 300 g/mol. The lowest BCUT2D eigenvalue weighted by atomic mass is 10.1. The van der Waals surface area contributed by atoms with E-state index in [1.807, 2.05) is 24.3 Å². The fourth-order valence-electron chi connectivity index (χ4n) is 2.25. The van der Waals surface area contributed by atoms with Gasteiger partial charge in [0.05, 0.1) is 17.3 Å². The standard InChI is InChI=1S/C19H16N4/c20-14-17-10-12-18(13-11-17)23-15-21-19(22-23)9-5-4-8-16-6-2-1-3-7-16/h1-3,5-7,9-13,15H,4,8H2. The van der Waals surface area contributed by atoms with E-state index in [4.69, 9.17) is 5.26 Å². The molecule has 112 valence electrons. The maximum atomic E-state index is 8.81. The van der Waals surface area contributed by atoms with Crippen LogP contribution in [-0.2, 0) is 6.42 Å². The van der Waals surface area contributed by atoms with E-state index in [-0.39, 0.29) is 0 Å². The van der Waals surface area contributed by atoms with Crippen molar-refractivity contribution >= 4 is 6.08 Å². The summed E-state index contributed by atoms with van der Waals surface area (Å²) in [7, 11) is 0. The van der Waals surface area contributed by atoms with E-state index in [0.717, 1.165) is 18.5 Å². The molecule has 3 aromatic rings. The smallest absolute Gasteiger partial charge is 0.173 e. The van der Waals surface area contributed by atoms with Crippen molar-refractivity contribution in [2.75, 3.05) is 0 Å². The number of nitrogens with zero attached hydrogens (tertiary/aromatic N) is 4. The maximum absolute atomic E-state index is 8.81. The van der Waals surface area contributed by atoms with Crippen molar-refractivity contribution < 1.29 is 0 Å². The molecular weight excluding hydrogens is 284 g/mol. The van der Waals surface area contributed by atoms with Gasteiger partial charge in [-0.15, -0.1) is 5.10 Å². The van der Waals surface area contributed by atoms with Crippen LogP contribution in [0, 0.1) is 11.3 Å². The van der Waals surface area contributed by atoms with Crippen molar-refractivity contribution in [3.63, 3.8) is 0 Å². The summed E-state index contributed by atoms with van der Waals surface area (Å²) in [6, 6.07) is 19.8. The predicted octanol–water partition coefficient (Wildman–Crippen LogP) is 3.78. The first-order valence-electron chi connectivity index (χ1n) is 7.48. The van der Waals surface area contributed by atoms with Gasteiger partial charge in [-0.3, -0.25) is 0 Å². The van der Waals surface area contributed by atoms with Gasteiger partial charge in [0.15, 0.2) is 5.82 Å². The maximum Gasteiger partial charge on any atom is 0.173 e. The van der Waals surface area contributed by atoms with Crippen LogP contribution in [0.3, 0.4) is 0 Å². The molecule has 3 rings (SSSR count). The summed E-state index contributed by atoms with van der Waals surface area (Å²) in [4.78, 5) is 4.28. The summed E-state index contributed by atoms with van der Waals surface area (Å²) in [5.74, 6) is 0.683. The zero-order valence-corrected chi connectivity index (χ0v) is 12.6. The molecule has 0 saturated heterocycles. The average Bonchev–Trinajstić information content (AvgIpc) is 3.09. The molecule has 4 nitrogen and oxygen atoms in total. The number of allylic oxidation sites excluding steroid dienone is 1. The molecule has 23 heavy (non-hydrogen) atoms. The summed E-state index contributed by atoms with van der Waals surface area (Å²) in [5, 5.41) is 13.2. The van der Waals surface area contributed by atoms with Crippen LogP contribution in [0.4, 0.5) is 0 Å². The lowest BCUT2D eigenvalue weighted by Crippen LogP contribution is -1.94. The van der Waals surface area contributed by atoms with Crippen LogP contribution in [0.15, 0.2) is 67.0 Å². The van der Waals surface area contributed by atoms with Crippen LogP contribution in [-0.4, -0.2) is 14.8 Å². The minimum atomic E-state index is 0.634. The molecule has 4 heteroatoms. The molecule has 0 atom stereocenters. The number of aromatic nitrogens is 3. The van der Waals surface area contributed by atoms with Crippen molar-refractivity contribution in [2.24, 2.45) is 0 Å². The van der Waals surface area contributed by atoms with Crippen molar-refractivity contribution in [2.45, 2.75) is 12.8 Å². The average molecular weight is 300 g/mol. The van der Waals surface area contributed by atoms with Crippen molar-refractivity contribution in [1.29, 1.82) is 5.26 Å². The van der Waals surface area contributed by atoms with Gasteiger partial charge in [0.25, 0.3) is 0 Å². The highest BCUT2D eigenvalue weighted by molar-refractivity contribution is 5.41. The van der Waals surface area contributed by atoms with Gasteiger partial charge in [0.1, 0.15) is 6.33 Å². The van der Waals surface area contributed by atoms with Crippen LogP contribution in [0.2, 0.25) is 0 Å². The van der Waals surface area contributed by atoms with Crippen LogP contribution < -0.4 is 0 Å². The SMILES string of the molecule is N#Cc1ccc(-n2cnc(C=CCCc3ccccc3)n2)cc1. The van der Waals surface area contributed by atoms with Crippen LogP contribution in [0.25, 0.3) is 11.8 Å². The Bertz CT molecular complexity index is 824. The highest BCUT2D eigenvalue weighted by atomic mass is 15.3. The normalized spacial score (nSPS) is 10.7. The van der Waals surface area contributed by atoms with E-state index < -0.39 is 0 Å². The third-order valence-electron chi connectivity index (χ3n) is 3.48. The van der Waals surface area contributed by atoms with Gasteiger partial charge in [0, 0.05) is 0 Å². The van der Waals surface area contributed by atoms with E-state index >= 15 is 0 Å². The Kier molecular flexibility index (Phi) is 4.61. The zero-order valence-electron chi connectivity index (χ0n) is 12.6. The Morgan fingerprint density at radius 2 is 1.83 bits per heavy atom. The summed E-state index contributed by atoms with van der Waals surface area (Å²) >= 11 is 0. The largest absolute Gasteiger partial charge is 0.220 e. The Morgan fingerprint density at radius 3 is 2.57 bits per heavy atom. The van der Waals surface area contributed by atoms with Crippen LogP contribution in [0.1, 0.15) is 23.4 Å². The van der Waals surface area contributed by atoms with Crippen molar-refractivity contribution in [1.82, 2.24) is 14.8 Å². The molecule has 0 aliphatic carbocycles. The van der Waals surface area contributed by atoms with Gasteiger partial charge in [0.2, 0.25) is 0 Å². The highest BCUT2D eigenvalue weighted by Crippen LogP contribution is 2.09. The lowest BCUT2D eigenvalue weighted by molar-refractivity contribution is 0.874. The molecule has 0 fully saturated rings. The third-order valence-corrected chi connectivity index (χ3v) is 3.48. The second kappa shape index (κ2) is 7.19. The quantitative estimate of drug-likeness (QED) is 0.720. The molecule has 0 radical (unpaired) electrons. The third kappa shape index (κ3) is 3.92. The second-order valence-corrected chi connectivity index (χ2v) is 5.13. The molecule has 2 aromatic carbocycles. The predicted molar refractivity (Wildman–Crippen MR) is 89.9 cm³/mol. The molecule has 0 aliphatic heterocycles. The fourth-order valence-corrected chi connectivity index (χ4v) is 2.25. The first kappa shape index (κ1) is 14.7. The molecule has 1 aromatic heterocycles. The molecule has 0 unspecified atom stereocenters. The molecule has 0 amide bonds. The minimum absolute atomic E-state index is 0.634. The number of rotatable bonds is 5. The molecule has 1 heterocycles. The lowest BCUT2D eigenvalue weighted by Gasteiger charge is -1.98. The molecule has 0 aliphatic rings. The van der Waals surface area contributed by atoms with E-state index in [0.29, 0.717) is 11.4 Å². The van der Waals surface area contributed by atoms with Gasteiger partial charge >= 0.3 is 0 Å². The van der Waals surface area contributed by atoms with Crippen molar-refractivity contribution in [3.05, 3.63) is 84.0 Å². The fraction of sp³-hybridized carbons (Fsp3) is 0.105. The topological polar surface area (TPSA) is 54.5 Å². The second-order valence-electron chi connectivity index (χ2n) is 5.13.